The largest absolute Gasteiger partial charge is 0.456 e. The molecule has 0 fully saturated rings. The maximum absolute atomic E-state index is 6.46. The minimum Gasteiger partial charge on any atom is -0.456 e. The number of fused-ring (bicyclic) bond motifs is 10. The highest BCUT2D eigenvalue weighted by Gasteiger charge is 2.20. The predicted octanol–water partition coefficient (Wildman–Crippen LogP) is 11.7. The Labute approximate surface area is 242 Å². The third kappa shape index (κ3) is 3.39. The molecule has 0 radical (unpaired) electrons. The van der Waals surface area contributed by atoms with Crippen LogP contribution in [-0.2, 0) is 0 Å². The van der Waals surface area contributed by atoms with Crippen molar-refractivity contribution >= 4 is 82.1 Å². The van der Waals surface area contributed by atoms with Crippen LogP contribution in [0.2, 0.25) is 0 Å². The highest BCUT2D eigenvalue weighted by Crippen LogP contribution is 2.45. The van der Waals surface area contributed by atoms with Crippen molar-refractivity contribution in [1.82, 2.24) is 0 Å². The van der Waals surface area contributed by atoms with Gasteiger partial charge in [-0.15, -0.1) is 0 Å². The van der Waals surface area contributed by atoms with Crippen molar-refractivity contribution in [2.24, 2.45) is 0 Å². The first kappa shape index (κ1) is 23.1. The fourth-order valence-electron chi connectivity index (χ4n) is 6.72. The summed E-state index contributed by atoms with van der Waals surface area (Å²) in [6.07, 6.45) is 0. The van der Waals surface area contributed by atoms with Gasteiger partial charge < -0.3 is 9.32 Å². The van der Waals surface area contributed by atoms with E-state index in [-0.39, 0.29) is 0 Å². The second-order valence-corrected chi connectivity index (χ2v) is 10.9. The standard InChI is InChI=1S/C40H25NO/c1-2-11-29(12-3-1)41(36-25-38-40(34-15-7-6-14-33(34)36)35-16-8-9-17-37(35)42-38)30-22-23-32-28(24-30)21-20-27-19-18-26-10-4-5-13-31(26)39(27)32/h1-25H. The molecule has 196 valence electrons. The van der Waals surface area contributed by atoms with Crippen molar-refractivity contribution in [1.29, 1.82) is 0 Å². The molecule has 8 aromatic carbocycles. The molecule has 0 unspecified atom stereocenters. The van der Waals surface area contributed by atoms with E-state index in [2.05, 4.69) is 150 Å². The Bertz CT molecular complexity index is 2470. The molecule has 0 aliphatic heterocycles. The molecular formula is C40H25NO. The molecular weight excluding hydrogens is 510 g/mol. The maximum Gasteiger partial charge on any atom is 0.138 e. The molecule has 1 heterocycles. The summed E-state index contributed by atoms with van der Waals surface area (Å²) in [5, 5.41) is 12.3. The molecule has 2 heteroatoms. The van der Waals surface area contributed by atoms with Gasteiger partial charge in [-0.25, -0.2) is 0 Å². The van der Waals surface area contributed by atoms with E-state index in [1.165, 1.54) is 43.1 Å². The average molecular weight is 536 g/mol. The van der Waals surface area contributed by atoms with Crippen LogP contribution in [0.3, 0.4) is 0 Å². The third-order valence-electron chi connectivity index (χ3n) is 8.58. The zero-order chi connectivity index (χ0) is 27.6. The van der Waals surface area contributed by atoms with Crippen LogP contribution in [0, 0.1) is 0 Å². The Balaban J connectivity index is 1.35. The van der Waals surface area contributed by atoms with Gasteiger partial charge in [-0.3, -0.25) is 0 Å². The van der Waals surface area contributed by atoms with Crippen molar-refractivity contribution in [2.75, 3.05) is 4.90 Å². The Morgan fingerprint density at radius 1 is 0.357 bits per heavy atom. The van der Waals surface area contributed by atoms with Gasteiger partial charge in [0.2, 0.25) is 0 Å². The number of anilines is 3. The van der Waals surface area contributed by atoms with Crippen molar-refractivity contribution in [3.05, 3.63) is 152 Å². The smallest absolute Gasteiger partial charge is 0.138 e. The number of hydrogen-bond acceptors (Lipinski definition) is 2. The van der Waals surface area contributed by atoms with Crippen LogP contribution in [0.15, 0.2) is 156 Å². The van der Waals surface area contributed by atoms with Crippen LogP contribution in [0.1, 0.15) is 0 Å². The molecule has 42 heavy (non-hydrogen) atoms. The van der Waals surface area contributed by atoms with Crippen molar-refractivity contribution in [3.8, 4) is 0 Å². The van der Waals surface area contributed by atoms with Gasteiger partial charge in [0.05, 0.1) is 5.69 Å². The molecule has 2 nitrogen and oxygen atoms in total. The molecule has 9 aromatic rings. The van der Waals surface area contributed by atoms with E-state index < -0.39 is 0 Å². The quantitative estimate of drug-likeness (QED) is 0.209. The lowest BCUT2D eigenvalue weighted by Crippen LogP contribution is -2.10. The minimum absolute atomic E-state index is 0.893. The molecule has 0 atom stereocenters. The molecule has 0 aliphatic rings. The van der Waals surface area contributed by atoms with Gasteiger partial charge in [0.1, 0.15) is 11.2 Å². The Kier molecular flexibility index (Phi) is 4.93. The van der Waals surface area contributed by atoms with Crippen LogP contribution in [0.4, 0.5) is 17.1 Å². The van der Waals surface area contributed by atoms with Crippen LogP contribution < -0.4 is 4.90 Å². The Morgan fingerprint density at radius 3 is 1.86 bits per heavy atom. The van der Waals surface area contributed by atoms with Crippen molar-refractivity contribution < 1.29 is 4.42 Å². The summed E-state index contributed by atoms with van der Waals surface area (Å²) in [5.41, 5.74) is 5.10. The van der Waals surface area contributed by atoms with Crippen LogP contribution in [0.25, 0.3) is 65.0 Å². The molecule has 0 amide bonds. The van der Waals surface area contributed by atoms with E-state index in [9.17, 15) is 0 Å². The summed E-state index contributed by atoms with van der Waals surface area (Å²) in [5.74, 6) is 0. The second kappa shape index (κ2) is 8.95. The zero-order valence-corrected chi connectivity index (χ0v) is 22.8. The van der Waals surface area contributed by atoms with Crippen LogP contribution >= 0.6 is 0 Å². The number of benzene rings is 8. The number of nitrogens with zero attached hydrogens (tertiary/aromatic N) is 1. The molecule has 0 aliphatic carbocycles. The summed E-state index contributed by atoms with van der Waals surface area (Å²) in [6.45, 7) is 0. The van der Waals surface area contributed by atoms with E-state index in [1.54, 1.807) is 0 Å². The highest BCUT2D eigenvalue weighted by molar-refractivity contribution is 6.23. The van der Waals surface area contributed by atoms with Crippen molar-refractivity contribution in [3.63, 3.8) is 0 Å². The van der Waals surface area contributed by atoms with Gasteiger partial charge in [-0.1, -0.05) is 115 Å². The Morgan fingerprint density at radius 2 is 1.00 bits per heavy atom. The fraction of sp³-hybridized carbons (Fsp3) is 0. The van der Waals surface area contributed by atoms with Crippen molar-refractivity contribution in [2.45, 2.75) is 0 Å². The monoisotopic (exact) mass is 535 g/mol. The summed E-state index contributed by atoms with van der Waals surface area (Å²) in [6, 6.07) is 54.3. The van der Waals surface area contributed by atoms with Gasteiger partial charge >= 0.3 is 0 Å². The average Bonchev–Trinajstić information content (AvgIpc) is 3.44. The van der Waals surface area contributed by atoms with Gasteiger partial charge in [0, 0.05) is 33.6 Å². The molecule has 1 aromatic heterocycles. The summed E-state index contributed by atoms with van der Waals surface area (Å²) >= 11 is 0. The van der Waals surface area contributed by atoms with Gasteiger partial charge in [0.15, 0.2) is 0 Å². The van der Waals surface area contributed by atoms with Crippen LogP contribution in [-0.4, -0.2) is 0 Å². The number of para-hydroxylation sites is 2. The molecule has 0 spiro atoms. The fourth-order valence-corrected chi connectivity index (χ4v) is 6.72. The lowest BCUT2D eigenvalue weighted by molar-refractivity contribution is 0.669. The second-order valence-electron chi connectivity index (χ2n) is 10.9. The first-order valence-corrected chi connectivity index (χ1v) is 14.4. The number of furan rings is 1. The molecule has 0 saturated heterocycles. The third-order valence-corrected chi connectivity index (χ3v) is 8.58. The van der Waals surface area contributed by atoms with Crippen LogP contribution in [0.5, 0.6) is 0 Å². The lowest BCUT2D eigenvalue weighted by atomic mass is 9.96. The highest BCUT2D eigenvalue weighted by atomic mass is 16.3. The minimum atomic E-state index is 0.893. The SMILES string of the molecule is c1ccc(N(c2ccc3c(ccc4ccc5ccccc5c43)c2)c2cc3oc4ccccc4c3c3ccccc23)cc1. The maximum atomic E-state index is 6.46. The van der Waals surface area contributed by atoms with Gasteiger partial charge in [-0.05, 0) is 68.0 Å². The first-order chi connectivity index (χ1) is 20.8. The first-order valence-electron chi connectivity index (χ1n) is 14.4. The van der Waals surface area contributed by atoms with E-state index >= 15 is 0 Å². The van der Waals surface area contributed by atoms with E-state index in [0.29, 0.717) is 0 Å². The summed E-state index contributed by atoms with van der Waals surface area (Å²) in [7, 11) is 0. The number of hydrogen-bond donors (Lipinski definition) is 0. The molecule has 0 saturated carbocycles. The molecule has 9 rings (SSSR count). The number of rotatable bonds is 3. The van der Waals surface area contributed by atoms with Gasteiger partial charge in [0.25, 0.3) is 0 Å². The molecule has 0 N–H and O–H groups in total. The van der Waals surface area contributed by atoms with E-state index in [0.717, 1.165) is 39.0 Å². The summed E-state index contributed by atoms with van der Waals surface area (Å²) in [4.78, 5) is 2.36. The van der Waals surface area contributed by atoms with E-state index in [1.807, 2.05) is 6.07 Å². The lowest BCUT2D eigenvalue weighted by Gasteiger charge is -2.27. The summed E-state index contributed by atoms with van der Waals surface area (Å²) < 4.78 is 6.46. The normalized spacial score (nSPS) is 11.8. The predicted molar refractivity (Wildman–Crippen MR) is 178 cm³/mol. The Hall–Kier alpha value is -5.60. The zero-order valence-electron chi connectivity index (χ0n) is 22.8. The van der Waals surface area contributed by atoms with E-state index in [4.69, 9.17) is 4.42 Å². The topological polar surface area (TPSA) is 16.4 Å². The van der Waals surface area contributed by atoms with Gasteiger partial charge in [-0.2, -0.15) is 0 Å². The molecule has 0 bridgehead atoms.